The second-order valence-corrected chi connectivity index (χ2v) is 13.2. The third-order valence-electron chi connectivity index (χ3n) is 8.24. The molecule has 1 N–H and O–H groups in total. The number of aromatic nitrogens is 6. The lowest BCUT2D eigenvalue weighted by atomic mass is 9.96. The molecule has 18 heteroatoms. The molecule has 14 nitrogen and oxygen atoms in total. The van der Waals surface area contributed by atoms with E-state index in [1.165, 1.54) is 48.3 Å². The Morgan fingerprint density at radius 3 is 2.38 bits per heavy atom. The smallest absolute Gasteiger partial charge is 0.303 e. The van der Waals surface area contributed by atoms with Crippen LogP contribution in [0.25, 0.3) is 22.5 Å². The van der Waals surface area contributed by atoms with Gasteiger partial charge in [-0.3, -0.25) is 9.59 Å². The molecule has 0 aliphatic carbocycles. The van der Waals surface area contributed by atoms with Gasteiger partial charge in [0.1, 0.15) is 41.7 Å². The Bertz CT molecular complexity index is 1810. The number of nitrogens with zero attached hydrogens (tertiary/aromatic N) is 6. The molecular weight excluding hydrogens is 685 g/mol. The summed E-state index contributed by atoms with van der Waals surface area (Å²) in [5, 5.41) is 27.9. The van der Waals surface area contributed by atoms with Crippen molar-refractivity contribution < 1.29 is 51.6 Å². The third-order valence-corrected chi connectivity index (χ3v) is 9.58. The number of halogens is 3. The van der Waals surface area contributed by atoms with Gasteiger partial charge in [0.05, 0.1) is 25.6 Å². The number of benzene rings is 2. The average Bonchev–Trinajstić information content (AvgIpc) is 3.78. The lowest BCUT2D eigenvalue weighted by molar-refractivity contribution is -0.208. The van der Waals surface area contributed by atoms with E-state index >= 15 is 0 Å². The van der Waals surface area contributed by atoms with Crippen LogP contribution in [0.2, 0.25) is 0 Å². The zero-order valence-electron chi connectivity index (χ0n) is 27.0. The van der Waals surface area contributed by atoms with Gasteiger partial charge in [0.25, 0.3) is 0 Å². The molecule has 7 unspecified atom stereocenters. The number of carbonyl (C=O) groups excluding carboxylic acids is 2. The minimum absolute atomic E-state index is 0.0140. The van der Waals surface area contributed by atoms with Crippen LogP contribution in [0.15, 0.2) is 54.9 Å². The van der Waals surface area contributed by atoms with E-state index in [0.717, 1.165) is 17.7 Å². The van der Waals surface area contributed by atoms with Crippen LogP contribution in [0.4, 0.5) is 13.2 Å². The number of methoxy groups -OCH3 is 1. The summed E-state index contributed by atoms with van der Waals surface area (Å²) in [5.74, 6) is -5.76. The minimum atomic E-state index is -1.63. The van der Waals surface area contributed by atoms with Crippen LogP contribution in [0, 0.1) is 17.5 Å². The molecule has 0 amide bonds. The number of hydrogen-bond donors (Lipinski definition) is 1. The fourth-order valence-corrected chi connectivity index (χ4v) is 7.52. The molecular formula is C32H33F3N6O8S. The Hall–Kier alpha value is -4.36. The number of aliphatic hydroxyl groups is 1. The highest BCUT2D eigenvalue weighted by atomic mass is 32.2. The van der Waals surface area contributed by atoms with Crippen molar-refractivity contribution in [1.82, 2.24) is 30.0 Å². The van der Waals surface area contributed by atoms with Crippen LogP contribution in [0.5, 0.6) is 0 Å². The first-order valence-corrected chi connectivity index (χ1v) is 16.4. The minimum Gasteiger partial charge on any atom is -0.463 e. The number of thioether (sulfide) groups is 1. The summed E-state index contributed by atoms with van der Waals surface area (Å²) < 4.78 is 73.6. The average molecular weight is 719 g/mol. The van der Waals surface area contributed by atoms with Crippen molar-refractivity contribution in [2.24, 2.45) is 0 Å². The first-order valence-electron chi connectivity index (χ1n) is 15.4. The number of carbonyl (C=O) groups is 2. The third kappa shape index (κ3) is 7.53. The molecule has 0 radical (unpaired) electrons. The van der Waals surface area contributed by atoms with Crippen molar-refractivity contribution in [2.45, 2.75) is 61.0 Å². The maximum Gasteiger partial charge on any atom is 0.303 e. The Kier molecular flexibility index (Phi) is 10.5. The summed E-state index contributed by atoms with van der Waals surface area (Å²) in [7, 11) is 1.41. The molecule has 4 heterocycles. The Labute approximate surface area is 287 Å². The summed E-state index contributed by atoms with van der Waals surface area (Å²) >= 11 is 1.26. The van der Waals surface area contributed by atoms with E-state index in [1.807, 2.05) is 30.3 Å². The van der Waals surface area contributed by atoms with Crippen molar-refractivity contribution >= 4 is 23.7 Å². The molecule has 7 atom stereocenters. The molecule has 0 bridgehead atoms. The molecule has 2 aromatic carbocycles. The van der Waals surface area contributed by atoms with E-state index in [-0.39, 0.29) is 37.5 Å². The highest BCUT2D eigenvalue weighted by Crippen LogP contribution is 2.43. The summed E-state index contributed by atoms with van der Waals surface area (Å²) in [6.07, 6.45) is 0.00476. The first-order chi connectivity index (χ1) is 24.0. The van der Waals surface area contributed by atoms with Gasteiger partial charge in [-0.15, -0.1) is 22.0 Å². The van der Waals surface area contributed by atoms with Crippen LogP contribution in [-0.2, 0) is 39.0 Å². The van der Waals surface area contributed by atoms with E-state index in [2.05, 4.69) is 20.6 Å². The molecule has 2 aromatic heterocycles. The van der Waals surface area contributed by atoms with Crippen molar-refractivity contribution in [3.8, 4) is 22.5 Å². The highest BCUT2D eigenvalue weighted by molar-refractivity contribution is 8.00. The Morgan fingerprint density at radius 2 is 1.70 bits per heavy atom. The van der Waals surface area contributed by atoms with E-state index in [9.17, 15) is 27.9 Å². The predicted molar refractivity (Wildman–Crippen MR) is 168 cm³/mol. The van der Waals surface area contributed by atoms with Crippen molar-refractivity contribution in [3.63, 3.8) is 0 Å². The highest BCUT2D eigenvalue weighted by Gasteiger charge is 2.52. The van der Waals surface area contributed by atoms with Crippen molar-refractivity contribution in [1.29, 1.82) is 0 Å². The van der Waals surface area contributed by atoms with Crippen LogP contribution in [-0.4, -0.2) is 103 Å². The first kappa shape index (κ1) is 35.5. The van der Waals surface area contributed by atoms with Crippen LogP contribution >= 0.6 is 11.8 Å². The monoisotopic (exact) mass is 718 g/mol. The SMILES string of the molecule is COC1C(SC2COCC(O)(n3cc(-c4ccccc4)nn3)C2)OC(COC(C)=O)C(OC(C)=O)C1n1cc(-c2cc(F)c(F)c(F)c2)nn1. The van der Waals surface area contributed by atoms with Gasteiger partial charge >= 0.3 is 11.9 Å². The molecule has 0 spiro atoms. The van der Waals surface area contributed by atoms with Gasteiger partial charge in [-0.2, -0.15) is 0 Å². The summed E-state index contributed by atoms with van der Waals surface area (Å²) in [5.41, 5.74) is -1.15. The van der Waals surface area contributed by atoms with Gasteiger partial charge in [-0.05, 0) is 12.1 Å². The Morgan fingerprint density at radius 1 is 1.00 bits per heavy atom. The number of hydrogen-bond acceptors (Lipinski definition) is 13. The van der Waals surface area contributed by atoms with E-state index in [1.54, 1.807) is 6.20 Å². The lowest BCUT2D eigenvalue weighted by Gasteiger charge is -2.46. The molecule has 2 saturated heterocycles. The zero-order valence-corrected chi connectivity index (χ0v) is 27.8. The summed E-state index contributed by atoms with van der Waals surface area (Å²) in [6.45, 7) is 2.24. The Balaban J connectivity index is 1.30. The molecule has 266 valence electrons. The van der Waals surface area contributed by atoms with Crippen molar-refractivity contribution in [2.75, 3.05) is 26.9 Å². The van der Waals surface area contributed by atoms with Crippen LogP contribution < -0.4 is 0 Å². The predicted octanol–water partition coefficient (Wildman–Crippen LogP) is 3.26. The number of esters is 2. The van der Waals surface area contributed by atoms with Gasteiger partial charge in [-0.25, -0.2) is 22.5 Å². The molecule has 2 aliphatic rings. The second kappa shape index (κ2) is 14.9. The van der Waals surface area contributed by atoms with Gasteiger partial charge in [-0.1, -0.05) is 40.8 Å². The normalized spacial score (nSPS) is 26.8. The molecule has 2 fully saturated rings. The van der Waals surface area contributed by atoms with Gasteiger partial charge in [0.15, 0.2) is 29.3 Å². The van der Waals surface area contributed by atoms with E-state index < -0.39 is 70.2 Å². The lowest BCUT2D eigenvalue weighted by Crippen LogP contribution is -2.58. The van der Waals surface area contributed by atoms with Crippen molar-refractivity contribution in [3.05, 3.63) is 72.3 Å². The molecule has 6 rings (SSSR count). The molecule has 4 aromatic rings. The maximum atomic E-state index is 14.1. The van der Waals surface area contributed by atoms with Crippen LogP contribution in [0.3, 0.4) is 0 Å². The molecule has 2 aliphatic heterocycles. The van der Waals surface area contributed by atoms with E-state index in [0.29, 0.717) is 5.69 Å². The quantitative estimate of drug-likeness (QED) is 0.188. The standard InChI is InChI=1S/C32H33F3N6O8S/c1-17(42)47-15-26-29(48-18(2)43)28(40-12-24(36-38-40)20-9-22(33)27(35)23(34)10-20)30(45-3)31(49-26)50-21-11-32(44,16-46-14-21)41-13-25(37-39-41)19-7-5-4-6-8-19/h4-10,12-13,21,26,28-31,44H,11,14-16H2,1-3H3. The topological polar surface area (TPSA) is 162 Å². The van der Waals surface area contributed by atoms with E-state index in [4.69, 9.17) is 23.7 Å². The largest absolute Gasteiger partial charge is 0.463 e. The second-order valence-electron chi connectivity index (χ2n) is 11.8. The van der Waals surface area contributed by atoms with Crippen LogP contribution in [0.1, 0.15) is 26.3 Å². The summed E-state index contributed by atoms with van der Waals surface area (Å²) in [6, 6.07) is 9.93. The summed E-state index contributed by atoms with van der Waals surface area (Å²) in [4.78, 5) is 24.2. The maximum absolute atomic E-state index is 14.1. The fraction of sp³-hybridized carbons (Fsp3) is 0.438. The van der Waals surface area contributed by atoms with Gasteiger partial charge < -0.3 is 28.8 Å². The van der Waals surface area contributed by atoms with Gasteiger partial charge in [0.2, 0.25) is 0 Å². The zero-order chi connectivity index (χ0) is 35.6. The molecule has 0 saturated carbocycles. The molecule has 50 heavy (non-hydrogen) atoms. The number of ether oxygens (including phenoxy) is 5. The fourth-order valence-electron chi connectivity index (χ4n) is 5.97. The number of rotatable bonds is 10. The van der Waals surface area contributed by atoms with Gasteiger partial charge in [0, 0.05) is 43.8 Å².